The normalized spacial score (nSPS) is 20.8. The zero-order valence-electron chi connectivity index (χ0n) is 27.5. The summed E-state index contributed by atoms with van der Waals surface area (Å²) in [6.45, 7) is 9.97. The predicted octanol–water partition coefficient (Wildman–Crippen LogP) is 5.40. The lowest BCUT2D eigenvalue weighted by atomic mass is 10.0. The summed E-state index contributed by atoms with van der Waals surface area (Å²) in [5, 5.41) is 7.45. The topological polar surface area (TPSA) is 98.3 Å². The van der Waals surface area contributed by atoms with Gasteiger partial charge in [-0.1, -0.05) is 6.58 Å². The molecular formula is C35H41F3N8O3. The molecule has 1 saturated carbocycles. The maximum absolute atomic E-state index is 14.7. The monoisotopic (exact) mass is 678 g/mol. The smallest absolute Gasteiger partial charge is 0.247 e. The van der Waals surface area contributed by atoms with Crippen LogP contribution in [-0.2, 0) is 9.63 Å². The fourth-order valence-electron chi connectivity index (χ4n) is 7.24. The summed E-state index contributed by atoms with van der Waals surface area (Å²) in [6.07, 6.45) is 7.46. The van der Waals surface area contributed by atoms with Crippen LogP contribution < -0.4 is 25.3 Å². The van der Waals surface area contributed by atoms with Crippen LogP contribution in [0.3, 0.4) is 0 Å². The number of hydrogen-bond acceptors (Lipinski definition) is 10. The average molecular weight is 679 g/mol. The fraction of sp³-hybridized carbons (Fsp3) is 0.457. The second-order valence-corrected chi connectivity index (χ2v) is 12.9. The summed E-state index contributed by atoms with van der Waals surface area (Å²) in [4.78, 5) is 34.4. The van der Waals surface area contributed by atoms with Gasteiger partial charge in [-0.15, -0.1) is 0 Å². The van der Waals surface area contributed by atoms with Crippen molar-refractivity contribution in [2.45, 2.75) is 50.2 Å². The lowest BCUT2D eigenvalue weighted by Crippen LogP contribution is -2.53. The molecule has 11 nitrogen and oxygen atoms in total. The number of benzene rings is 2. The molecule has 0 unspecified atom stereocenters. The number of ether oxygens (including phenoxy) is 1. The van der Waals surface area contributed by atoms with Gasteiger partial charge in [0.25, 0.3) is 0 Å². The van der Waals surface area contributed by atoms with Crippen molar-refractivity contribution >= 4 is 34.6 Å². The van der Waals surface area contributed by atoms with E-state index in [0.717, 1.165) is 76.0 Å². The summed E-state index contributed by atoms with van der Waals surface area (Å²) < 4.78 is 49.3. The van der Waals surface area contributed by atoms with Crippen molar-refractivity contribution in [1.82, 2.24) is 19.8 Å². The molecule has 0 radical (unpaired) electrons. The molecule has 3 saturated heterocycles. The predicted molar refractivity (Wildman–Crippen MR) is 181 cm³/mol. The highest BCUT2D eigenvalue weighted by molar-refractivity contribution is 6.02. The number of amides is 1. The van der Waals surface area contributed by atoms with E-state index in [1.807, 2.05) is 6.07 Å². The summed E-state index contributed by atoms with van der Waals surface area (Å²) in [7, 11) is 1.57. The fourth-order valence-corrected chi connectivity index (χ4v) is 7.24. The SMILES string of the molecule is C=CC(=O)Nc1cc(Nc2cc(N3OCC[C@H]3c3c(F)ccc(F)c3F)ncn2)c(OC)cc1N1CCC(N2CCN(C3CC3)CC2)CC1. The van der Waals surface area contributed by atoms with Gasteiger partial charge in [0, 0.05) is 69.9 Å². The number of nitrogens with zero attached hydrogens (tertiary/aromatic N) is 6. The Hall–Kier alpha value is -4.40. The third-order valence-electron chi connectivity index (χ3n) is 9.95. The average Bonchev–Trinajstić information content (AvgIpc) is 3.87. The Morgan fingerprint density at radius 1 is 0.918 bits per heavy atom. The van der Waals surface area contributed by atoms with E-state index < -0.39 is 29.1 Å². The van der Waals surface area contributed by atoms with Crippen molar-refractivity contribution in [2.75, 3.05) is 73.6 Å². The minimum atomic E-state index is -1.26. The Bertz CT molecular complexity index is 1690. The van der Waals surface area contributed by atoms with Crippen molar-refractivity contribution in [1.29, 1.82) is 0 Å². The van der Waals surface area contributed by atoms with Gasteiger partial charge in [-0.05, 0) is 50.0 Å². The van der Waals surface area contributed by atoms with Crippen LogP contribution in [0.5, 0.6) is 5.75 Å². The summed E-state index contributed by atoms with van der Waals surface area (Å²) in [5.41, 5.74) is 1.51. The minimum absolute atomic E-state index is 0.156. The molecule has 0 spiro atoms. The number of anilines is 5. The number of hydrogen-bond donors (Lipinski definition) is 2. The van der Waals surface area contributed by atoms with Crippen LogP contribution in [0.1, 0.15) is 43.7 Å². The molecule has 1 aliphatic carbocycles. The highest BCUT2D eigenvalue weighted by Crippen LogP contribution is 2.41. The lowest BCUT2D eigenvalue weighted by Gasteiger charge is -2.43. The Labute approximate surface area is 283 Å². The first-order chi connectivity index (χ1) is 23.8. The number of methoxy groups -OCH3 is 1. The van der Waals surface area contributed by atoms with E-state index in [4.69, 9.17) is 9.57 Å². The Morgan fingerprint density at radius 3 is 2.29 bits per heavy atom. The van der Waals surface area contributed by atoms with Crippen LogP contribution in [0.25, 0.3) is 0 Å². The molecular weight excluding hydrogens is 637 g/mol. The number of piperidine rings is 1. The minimum Gasteiger partial charge on any atom is -0.494 e. The van der Waals surface area contributed by atoms with Gasteiger partial charge in [0.15, 0.2) is 17.5 Å². The van der Waals surface area contributed by atoms with Gasteiger partial charge in [0.05, 0.1) is 42.4 Å². The maximum Gasteiger partial charge on any atom is 0.247 e. The second-order valence-electron chi connectivity index (χ2n) is 12.9. The third kappa shape index (κ3) is 7.03. The zero-order chi connectivity index (χ0) is 34.1. The number of halogens is 3. The Morgan fingerprint density at radius 2 is 1.61 bits per heavy atom. The van der Waals surface area contributed by atoms with Crippen molar-refractivity contribution in [3.8, 4) is 5.75 Å². The molecule has 7 rings (SSSR count). The molecule has 49 heavy (non-hydrogen) atoms. The first kappa shape index (κ1) is 33.1. The molecule has 0 bridgehead atoms. The maximum atomic E-state index is 14.7. The second kappa shape index (κ2) is 14.2. The van der Waals surface area contributed by atoms with Gasteiger partial charge in [0.1, 0.15) is 23.7 Å². The van der Waals surface area contributed by atoms with Gasteiger partial charge in [-0.25, -0.2) is 28.2 Å². The highest BCUT2D eigenvalue weighted by atomic mass is 19.2. The first-order valence-corrected chi connectivity index (χ1v) is 16.9. The number of carbonyl (C=O) groups excluding carboxylic acids is 1. The number of hydroxylamine groups is 1. The molecule has 4 heterocycles. The van der Waals surface area contributed by atoms with E-state index in [9.17, 15) is 18.0 Å². The number of aromatic nitrogens is 2. The number of nitrogens with one attached hydrogen (secondary N) is 2. The molecule has 260 valence electrons. The largest absolute Gasteiger partial charge is 0.494 e. The van der Waals surface area contributed by atoms with Crippen LogP contribution in [0.15, 0.2) is 49.3 Å². The van der Waals surface area contributed by atoms with Gasteiger partial charge in [-0.2, -0.15) is 0 Å². The summed E-state index contributed by atoms with van der Waals surface area (Å²) in [5.74, 6) is -2.56. The molecule has 4 fully saturated rings. The number of piperazine rings is 1. The van der Waals surface area contributed by atoms with Gasteiger partial charge < -0.3 is 20.3 Å². The van der Waals surface area contributed by atoms with Crippen LogP contribution in [0.4, 0.5) is 41.9 Å². The Balaban J connectivity index is 1.09. The standard InChI is InChI=1S/C35H41F3N8O3/c1-3-33(47)42-26-18-27(30(48-2)19-29(26)45-11-8-23(9-12-45)44-15-13-43(14-16-44)22-4-5-22)41-31-20-32(40-21-39-31)46-28(10-17-49-46)34-24(36)6-7-25(37)35(34)38/h3,6-7,18-23,28H,1,4-5,8-17H2,2H3,(H,42,47)(H,39,40,41)/t28-/m0/s1. The molecule has 1 atom stereocenters. The van der Waals surface area contributed by atoms with Crippen molar-refractivity contribution in [2.24, 2.45) is 0 Å². The number of carbonyl (C=O) groups is 1. The highest BCUT2D eigenvalue weighted by Gasteiger charge is 2.36. The summed E-state index contributed by atoms with van der Waals surface area (Å²) >= 11 is 0. The molecule has 3 aromatic rings. The summed E-state index contributed by atoms with van der Waals surface area (Å²) in [6, 6.07) is 7.29. The van der Waals surface area contributed by atoms with Crippen molar-refractivity contribution in [3.05, 3.63) is 72.3 Å². The molecule has 4 aliphatic rings. The van der Waals surface area contributed by atoms with Crippen LogP contribution in [0, 0.1) is 17.5 Å². The molecule has 2 aromatic carbocycles. The van der Waals surface area contributed by atoms with Crippen LogP contribution in [-0.4, -0.2) is 90.7 Å². The quantitative estimate of drug-likeness (QED) is 0.214. The van der Waals surface area contributed by atoms with E-state index >= 15 is 0 Å². The Kier molecular flexibility index (Phi) is 9.61. The van der Waals surface area contributed by atoms with Gasteiger partial charge in [0.2, 0.25) is 5.91 Å². The van der Waals surface area contributed by atoms with Crippen molar-refractivity contribution in [3.63, 3.8) is 0 Å². The van der Waals surface area contributed by atoms with Crippen LogP contribution in [0.2, 0.25) is 0 Å². The van der Waals surface area contributed by atoms with Crippen LogP contribution >= 0.6 is 0 Å². The van der Waals surface area contributed by atoms with E-state index in [2.05, 4.69) is 41.9 Å². The molecule has 2 N–H and O–H groups in total. The third-order valence-corrected chi connectivity index (χ3v) is 9.95. The molecule has 1 amide bonds. The van der Waals surface area contributed by atoms with E-state index in [-0.39, 0.29) is 24.8 Å². The first-order valence-electron chi connectivity index (χ1n) is 16.9. The molecule has 3 aliphatic heterocycles. The van der Waals surface area contributed by atoms with E-state index in [0.29, 0.717) is 29.0 Å². The molecule has 1 aromatic heterocycles. The zero-order valence-corrected chi connectivity index (χ0v) is 27.5. The number of rotatable bonds is 10. The van der Waals surface area contributed by atoms with Gasteiger partial charge in [-0.3, -0.25) is 19.4 Å². The van der Waals surface area contributed by atoms with E-state index in [1.54, 1.807) is 19.2 Å². The molecule has 14 heteroatoms. The van der Waals surface area contributed by atoms with Gasteiger partial charge >= 0.3 is 0 Å². The lowest BCUT2D eigenvalue weighted by molar-refractivity contribution is -0.111. The van der Waals surface area contributed by atoms with Crippen molar-refractivity contribution < 1.29 is 27.5 Å². The van der Waals surface area contributed by atoms with E-state index in [1.165, 1.54) is 30.3 Å².